The highest BCUT2D eigenvalue weighted by molar-refractivity contribution is 7.89. The molecule has 118 valence electrons. The first-order chi connectivity index (χ1) is 10.1. The van der Waals surface area contributed by atoms with E-state index in [0.29, 0.717) is 11.3 Å². The molecule has 0 aliphatic heterocycles. The first kappa shape index (κ1) is 16.5. The lowest BCUT2D eigenvalue weighted by Gasteiger charge is -2.22. The first-order valence-electron chi connectivity index (χ1n) is 7.10. The van der Waals surface area contributed by atoms with Crippen molar-refractivity contribution in [2.24, 2.45) is 0 Å². The Hall–Kier alpha value is -1.85. The zero-order chi connectivity index (χ0) is 16.5. The van der Waals surface area contributed by atoms with Gasteiger partial charge in [0.05, 0.1) is 4.90 Å². The van der Waals surface area contributed by atoms with Crippen LogP contribution in [0.3, 0.4) is 0 Å². The molecule has 0 fully saturated rings. The predicted molar refractivity (Wildman–Crippen MR) is 91.1 cm³/mol. The van der Waals surface area contributed by atoms with Gasteiger partial charge in [0.15, 0.2) is 0 Å². The number of benzene rings is 2. The van der Waals surface area contributed by atoms with Crippen LogP contribution >= 0.6 is 0 Å². The third kappa shape index (κ3) is 3.48. The largest absolute Gasteiger partial charge is 0.398 e. The zero-order valence-corrected chi connectivity index (χ0v) is 14.2. The van der Waals surface area contributed by atoms with Gasteiger partial charge >= 0.3 is 0 Å². The molecular formula is C17H22N2O2S. The molecule has 0 bridgehead atoms. The second-order valence-electron chi connectivity index (χ2n) is 6.37. The van der Waals surface area contributed by atoms with Gasteiger partial charge in [-0.3, -0.25) is 0 Å². The van der Waals surface area contributed by atoms with Gasteiger partial charge in [0, 0.05) is 16.8 Å². The van der Waals surface area contributed by atoms with Gasteiger partial charge in [-0.2, -0.15) is 0 Å². The smallest absolute Gasteiger partial charge is 0.241 e. The number of nitrogen functional groups attached to an aromatic ring is 1. The van der Waals surface area contributed by atoms with Crippen molar-refractivity contribution in [2.75, 3.05) is 5.73 Å². The van der Waals surface area contributed by atoms with E-state index in [0.717, 1.165) is 11.1 Å². The van der Waals surface area contributed by atoms with Crippen LogP contribution < -0.4 is 10.5 Å². The molecular weight excluding hydrogens is 296 g/mol. The topological polar surface area (TPSA) is 72.2 Å². The minimum atomic E-state index is -3.62. The van der Waals surface area contributed by atoms with Crippen LogP contribution in [-0.4, -0.2) is 14.0 Å². The van der Waals surface area contributed by atoms with E-state index in [9.17, 15) is 8.42 Å². The Morgan fingerprint density at radius 1 is 0.955 bits per heavy atom. The average Bonchev–Trinajstić information content (AvgIpc) is 2.39. The number of hydrogen-bond donors (Lipinski definition) is 2. The SMILES string of the molecule is Cc1c(N)cccc1-c1ccccc1S(=O)(=O)NC(C)(C)C. The van der Waals surface area contributed by atoms with Crippen molar-refractivity contribution in [2.45, 2.75) is 38.1 Å². The molecule has 3 N–H and O–H groups in total. The maximum atomic E-state index is 12.7. The van der Waals surface area contributed by atoms with E-state index in [4.69, 9.17) is 5.73 Å². The summed E-state index contributed by atoms with van der Waals surface area (Å²) in [5, 5.41) is 0. The van der Waals surface area contributed by atoms with Crippen LogP contribution in [0.15, 0.2) is 47.4 Å². The van der Waals surface area contributed by atoms with E-state index < -0.39 is 15.6 Å². The summed E-state index contributed by atoms with van der Waals surface area (Å²) in [4.78, 5) is 0.263. The molecule has 0 unspecified atom stereocenters. The Morgan fingerprint density at radius 2 is 1.55 bits per heavy atom. The van der Waals surface area contributed by atoms with E-state index in [1.165, 1.54) is 0 Å². The van der Waals surface area contributed by atoms with Crippen LogP contribution in [-0.2, 0) is 10.0 Å². The van der Waals surface area contributed by atoms with Crippen molar-refractivity contribution in [1.82, 2.24) is 4.72 Å². The van der Waals surface area contributed by atoms with Gasteiger partial charge in [0.25, 0.3) is 0 Å². The van der Waals surface area contributed by atoms with Crippen molar-refractivity contribution in [3.63, 3.8) is 0 Å². The van der Waals surface area contributed by atoms with Gasteiger partial charge in [-0.1, -0.05) is 30.3 Å². The average molecular weight is 318 g/mol. The van der Waals surface area contributed by atoms with Gasteiger partial charge < -0.3 is 5.73 Å². The molecule has 5 heteroatoms. The molecule has 0 spiro atoms. The monoisotopic (exact) mass is 318 g/mol. The summed E-state index contributed by atoms with van der Waals surface area (Å²) in [5.41, 5.74) is 8.42. The Labute approximate surface area is 132 Å². The predicted octanol–water partition coefficient (Wildman–Crippen LogP) is 3.32. The lowest BCUT2D eigenvalue weighted by Crippen LogP contribution is -2.40. The third-order valence-electron chi connectivity index (χ3n) is 3.28. The zero-order valence-electron chi connectivity index (χ0n) is 13.3. The van der Waals surface area contributed by atoms with Gasteiger partial charge in [-0.25, -0.2) is 13.1 Å². The Kier molecular flexibility index (Phi) is 4.31. The van der Waals surface area contributed by atoms with Crippen LogP contribution in [0.25, 0.3) is 11.1 Å². The van der Waals surface area contributed by atoms with Gasteiger partial charge in [0.2, 0.25) is 10.0 Å². The molecule has 0 aliphatic carbocycles. The second kappa shape index (κ2) is 5.74. The fourth-order valence-electron chi connectivity index (χ4n) is 2.33. The number of nitrogens with one attached hydrogen (secondary N) is 1. The number of anilines is 1. The van der Waals surface area contributed by atoms with Crippen molar-refractivity contribution in [3.05, 3.63) is 48.0 Å². The van der Waals surface area contributed by atoms with Crippen LogP contribution in [0.5, 0.6) is 0 Å². The summed E-state index contributed by atoms with van der Waals surface area (Å²) >= 11 is 0. The number of sulfonamides is 1. The second-order valence-corrected chi connectivity index (χ2v) is 8.02. The molecule has 2 aromatic rings. The van der Waals surface area contributed by atoms with Gasteiger partial charge in [-0.15, -0.1) is 0 Å². The van der Waals surface area contributed by atoms with Crippen LogP contribution in [0.4, 0.5) is 5.69 Å². The van der Waals surface area contributed by atoms with Crippen molar-refractivity contribution in [1.29, 1.82) is 0 Å². The molecule has 4 nitrogen and oxygen atoms in total. The molecule has 22 heavy (non-hydrogen) atoms. The summed E-state index contributed by atoms with van der Waals surface area (Å²) in [6.45, 7) is 7.35. The van der Waals surface area contributed by atoms with Crippen LogP contribution in [0.1, 0.15) is 26.3 Å². The van der Waals surface area contributed by atoms with E-state index in [1.54, 1.807) is 18.2 Å². The van der Waals surface area contributed by atoms with E-state index in [1.807, 2.05) is 52.0 Å². The minimum Gasteiger partial charge on any atom is -0.398 e. The molecule has 0 aromatic heterocycles. The molecule has 0 amide bonds. The first-order valence-corrected chi connectivity index (χ1v) is 8.58. The van der Waals surface area contributed by atoms with Crippen molar-refractivity contribution >= 4 is 15.7 Å². The number of rotatable bonds is 3. The van der Waals surface area contributed by atoms with Crippen LogP contribution in [0.2, 0.25) is 0 Å². The highest BCUT2D eigenvalue weighted by Crippen LogP contribution is 2.32. The minimum absolute atomic E-state index is 0.263. The van der Waals surface area contributed by atoms with E-state index >= 15 is 0 Å². The van der Waals surface area contributed by atoms with E-state index in [-0.39, 0.29) is 4.90 Å². The summed E-state index contributed by atoms with van der Waals surface area (Å²) < 4.78 is 28.1. The lowest BCUT2D eigenvalue weighted by atomic mass is 9.99. The maximum absolute atomic E-state index is 12.7. The van der Waals surface area contributed by atoms with Crippen molar-refractivity contribution < 1.29 is 8.42 Å². The maximum Gasteiger partial charge on any atom is 0.241 e. The summed E-state index contributed by atoms with van der Waals surface area (Å²) in [6, 6.07) is 12.5. The summed E-state index contributed by atoms with van der Waals surface area (Å²) in [5.74, 6) is 0. The summed E-state index contributed by atoms with van der Waals surface area (Å²) in [6.07, 6.45) is 0. The molecule has 2 aromatic carbocycles. The molecule has 2 rings (SSSR count). The number of nitrogens with two attached hydrogens (primary N) is 1. The molecule has 0 heterocycles. The highest BCUT2D eigenvalue weighted by Gasteiger charge is 2.25. The third-order valence-corrected chi connectivity index (χ3v) is 5.10. The highest BCUT2D eigenvalue weighted by atomic mass is 32.2. The molecule has 0 saturated carbocycles. The van der Waals surface area contributed by atoms with Crippen LogP contribution in [0, 0.1) is 6.92 Å². The Balaban J connectivity index is 2.64. The Bertz CT molecular complexity index is 791. The number of hydrogen-bond acceptors (Lipinski definition) is 3. The van der Waals surface area contributed by atoms with Gasteiger partial charge in [-0.05, 0) is 51.0 Å². The fraction of sp³-hybridized carbons (Fsp3) is 0.294. The molecule has 0 saturated heterocycles. The molecule has 0 radical (unpaired) electrons. The van der Waals surface area contributed by atoms with Crippen molar-refractivity contribution in [3.8, 4) is 11.1 Å². The fourth-order valence-corrected chi connectivity index (χ4v) is 3.97. The standard InChI is InChI=1S/C17H22N2O2S/c1-12-13(9-7-10-15(12)18)14-8-5-6-11-16(14)22(20,21)19-17(2,3)4/h5-11,19H,18H2,1-4H3. The normalized spacial score (nSPS) is 12.4. The molecule has 0 atom stereocenters. The quantitative estimate of drug-likeness (QED) is 0.853. The molecule has 0 aliphatic rings. The summed E-state index contributed by atoms with van der Waals surface area (Å²) in [7, 11) is -3.62. The van der Waals surface area contributed by atoms with Gasteiger partial charge in [0.1, 0.15) is 0 Å². The Morgan fingerprint density at radius 3 is 2.18 bits per heavy atom. The lowest BCUT2D eigenvalue weighted by molar-refractivity contribution is 0.491. The van der Waals surface area contributed by atoms with E-state index in [2.05, 4.69) is 4.72 Å².